The summed E-state index contributed by atoms with van der Waals surface area (Å²) in [4.78, 5) is 50.6. The number of para-hydroxylation sites is 1. The number of anilines is 1. The molecule has 4 amide bonds. The third kappa shape index (κ3) is 5.45. The summed E-state index contributed by atoms with van der Waals surface area (Å²) in [6, 6.07) is 16.8. The number of halogens is 1. The van der Waals surface area contributed by atoms with Crippen LogP contribution in [0.15, 0.2) is 66.9 Å². The Balaban J connectivity index is 1.13. The molecule has 2 saturated heterocycles. The van der Waals surface area contributed by atoms with Crippen molar-refractivity contribution >= 4 is 45.1 Å². The maximum atomic E-state index is 15.2. The second kappa shape index (κ2) is 11.5. The van der Waals surface area contributed by atoms with Gasteiger partial charge in [0.2, 0.25) is 5.91 Å². The Kier molecular flexibility index (Phi) is 7.61. The molecule has 0 aliphatic carbocycles. The lowest BCUT2D eigenvalue weighted by atomic mass is 10.1. The summed E-state index contributed by atoms with van der Waals surface area (Å²) < 4.78 is 21.7. The zero-order valence-corrected chi connectivity index (χ0v) is 24.1. The minimum Gasteiger partial charge on any atom is -0.453 e. The number of urea groups is 1. The van der Waals surface area contributed by atoms with Gasteiger partial charge >= 0.3 is 6.03 Å². The predicted octanol–water partition coefficient (Wildman–Crippen LogP) is 5.02. The Bertz CT molecular complexity index is 1660. The molecule has 9 nitrogen and oxygen atoms in total. The lowest BCUT2D eigenvalue weighted by Gasteiger charge is -2.19. The quantitative estimate of drug-likeness (QED) is 0.302. The number of imide groups is 1. The van der Waals surface area contributed by atoms with Gasteiger partial charge in [-0.25, -0.2) is 9.18 Å². The van der Waals surface area contributed by atoms with Crippen molar-refractivity contribution in [2.75, 3.05) is 45.2 Å². The SMILES string of the molecule is CN(C)[C@H]1CCN(C(=O)c2cc3nccc(Oc4ccc(CC(=O)N5CCN(c6ccccc6)C5=O)cc4F)c3s2)C1. The van der Waals surface area contributed by atoms with Gasteiger partial charge in [-0.1, -0.05) is 24.3 Å². The standard InChI is InChI=1S/C31H30FN5O4S/c1-34(2)22-11-13-35(19-22)30(39)27-18-24-29(42-27)26(10-12-33-24)41-25-9-8-20(16-23(25)32)17-28(38)37-15-14-36(31(37)40)21-6-4-3-5-7-21/h3-10,12,16,18,22H,11,13-15,17,19H2,1-2H3/t22-/m0/s1. The molecule has 2 aliphatic heterocycles. The van der Waals surface area contributed by atoms with Crippen molar-refractivity contribution in [3.63, 3.8) is 0 Å². The first-order valence-corrected chi connectivity index (χ1v) is 14.6. The molecule has 4 aromatic rings. The summed E-state index contributed by atoms with van der Waals surface area (Å²) >= 11 is 1.28. The molecule has 0 saturated carbocycles. The number of carbonyl (C=O) groups excluding carboxylic acids is 3. The number of hydrogen-bond donors (Lipinski definition) is 0. The van der Waals surface area contributed by atoms with E-state index >= 15 is 4.39 Å². The molecule has 6 rings (SSSR count). The molecule has 11 heteroatoms. The maximum absolute atomic E-state index is 15.2. The number of hydrogen-bond acceptors (Lipinski definition) is 7. The van der Waals surface area contributed by atoms with E-state index < -0.39 is 11.7 Å². The molecule has 2 aromatic heterocycles. The van der Waals surface area contributed by atoms with Crippen LogP contribution in [-0.2, 0) is 11.2 Å². The number of nitrogens with zero attached hydrogens (tertiary/aromatic N) is 5. The zero-order chi connectivity index (χ0) is 29.4. The molecule has 216 valence electrons. The van der Waals surface area contributed by atoms with Crippen molar-refractivity contribution in [3.8, 4) is 11.5 Å². The highest BCUT2D eigenvalue weighted by atomic mass is 32.1. The van der Waals surface area contributed by atoms with E-state index in [1.807, 2.05) is 49.3 Å². The fourth-order valence-electron chi connectivity index (χ4n) is 5.35. The lowest BCUT2D eigenvalue weighted by molar-refractivity contribution is -0.126. The Morgan fingerprint density at radius 2 is 1.86 bits per heavy atom. The van der Waals surface area contributed by atoms with Crippen LogP contribution < -0.4 is 9.64 Å². The van der Waals surface area contributed by atoms with Crippen molar-refractivity contribution in [1.82, 2.24) is 19.7 Å². The first kappa shape index (κ1) is 27.8. The highest BCUT2D eigenvalue weighted by Crippen LogP contribution is 2.36. The molecule has 42 heavy (non-hydrogen) atoms. The van der Waals surface area contributed by atoms with E-state index in [1.54, 1.807) is 29.3 Å². The summed E-state index contributed by atoms with van der Waals surface area (Å²) in [7, 11) is 4.03. The molecule has 0 N–H and O–H groups in total. The van der Waals surface area contributed by atoms with Crippen LogP contribution >= 0.6 is 11.3 Å². The van der Waals surface area contributed by atoms with Crippen LogP contribution in [0.4, 0.5) is 14.9 Å². The van der Waals surface area contributed by atoms with Gasteiger partial charge in [0.1, 0.15) is 5.75 Å². The molecule has 2 aliphatic rings. The third-order valence-electron chi connectivity index (χ3n) is 7.72. The van der Waals surface area contributed by atoms with Gasteiger partial charge in [0.25, 0.3) is 5.91 Å². The summed E-state index contributed by atoms with van der Waals surface area (Å²) in [5.74, 6) is -0.697. The number of carbonyl (C=O) groups is 3. The minimum absolute atomic E-state index is 0.0131. The molecule has 2 fully saturated rings. The van der Waals surface area contributed by atoms with Crippen LogP contribution in [0.2, 0.25) is 0 Å². The molecule has 1 atom stereocenters. The number of likely N-dealkylation sites (N-methyl/N-ethyl adjacent to an activating group) is 1. The van der Waals surface area contributed by atoms with Gasteiger partial charge in [-0.15, -0.1) is 11.3 Å². The fourth-order valence-corrected chi connectivity index (χ4v) is 6.38. The Hall–Kier alpha value is -4.35. The van der Waals surface area contributed by atoms with Gasteiger partial charge in [0, 0.05) is 50.2 Å². The van der Waals surface area contributed by atoms with Gasteiger partial charge in [0.05, 0.1) is 21.5 Å². The van der Waals surface area contributed by atoms with Gasteiger partial charge < -0.3 is 14.5 Å². The van der Waals surface area contributed by atoms with Crippen LogP contribution in [0.1, 0.15) is 21.7 Å². The fraction of sp³-hybridized carbons (Fsp3) is 0.290. The molecular formula is C31H30FN5O4S. The van der Waals surface area contributed by atoms with E-state index in [2.05, 4.69) is 9.88 Å². The van der Waals surface area contributed by atoms with Gasteiger partial charge in [0.15, 0.2) is 11.6 Å². The molecule has 0 unspecified atom stereocenters. The molecular weight excluding hydrogens is 557 g/mol. The number of aromatic nitrogens is 1. The first-order chi connectivity index (χ1) is 20.3. The second-order valence-electron chi connectivity index (χ2n) is 10.7. The Morgan fingerprint density at radius 1 is 1.05 bits per heavy atom. The number of pyridine rings is 1. The van der Waals surface area contributed by atoms with E-state index in [-0.39, 0.29) is 30.7 Å². The summed E-state index contributed by atoms with van der Waals surface area (Å²) in [5.41, 5.74) is 1.76. The van der Waals surface area contributed by atoms with E-state index in [0.29, 0.717) is 52.1 Å². The maximum Gasteiger partial charge on any atom is 0.331 e. The third-order valence-corrected chi connectivity index (χ3v) is 8.84. The van der Waals surface area contributed by atoms with Crippen LogP contribution in [0, 0.1) is 5.82 Å². The van der Waals surface area contributed by atoms with E-state index in [4.69, 9.17) is 4.74 Å². The molecule has 4 heterocycles. The largest absolute Gasteiger partial charge is 0.453 e. The average Bonchev–Trinajstić information content (AvgIpc) is 3.73. The van der Waals surface area contributed by atoms with E-state index in [0.717, 1.165) is 12.1 Å². The Labute approximate surface area is 246 Å². The minimum atomic E-state index is -0.636. The zero-order valence-electron chi connectivity index (χ0n) is 23.3. The lowest BCUT2D eigenvalue weighted by Crippen LogP contribution is -2.37. The highest BCUT2D eigenvalue weighted by Gasteiger charge is 2.34. The summed E-state index contributed by atoms with van der Waals surface area (Å²) in [6.45, 7) is 2.05. The number of benzene rings is 2. The molecule has 0 bridgehead atoms. The van der Waals surface area contributed by atoms with Crippen molar-refractivity contribution in [1.29, 1.82) is 0 Å². The summed E-state index contributed by atoms with van der Waals surface area (Å²) in [5, 5.41) is 0. The highest BCUT2D eigenvalue weighted by molar-refractivity contribution is 7.21. The van der Waals surface area contributed by atoms with Crippen molar-refractivity contribution in [2.45, 2.75) is 18.9 Å². The molecule has 2 aromatic carbocycles. The topological polar surface area (TPSA) is 86.3 Å². The van der Waals surface area contributed by atoms with Crippen molar-refractivity contribution in [2.24, 2.45) is 0 Å². The van der Waals surface area contributed by atoms with Crippen molar-refractivity contribution in [3.05, 3.63) is 83.1 Å². The van der Waals surface area contributed by atoms with Crippen LogP contribution in [0.25, 0.3) is 10.2 Å². The van der Waals surface area contributed by atoms with Gasteiger partial charge in [-0.05, 0) is 56.4 Å². The number of amides is 4. The number of fused-ring (bicyclic) bond motifs is 1. The second-order valence-corrected chi connectivity index (χ2v) is 11.7. The molecule has 0 radical (unpaired) electrons. The van der Waals surface area contributed by atoms with Crippen molar-refractivity contribution < 1.29 is 23.5 Å². The molecule has 0 spiro atoms. The number of thiophene rings is 1. The number of rotatable bonds is 7. The normalized spacial score (nSPS) is 17.1. The monoisotopic (exact) mass is 587 g/mol. The smallest absolute Gasteiger partial charge is 0.331 e. The van der Waals surface area contributed by atoms with Gasteiger partial charge in [-0.2, -0.15) is 0 Å². The van der Waals surface area contributed by atoms with Gasteiger partial charge in [-0.3, -0.25) is 24.4 Å². The van der Waals surface area contributed by atoms with Crippen LogP contribution in [0.5, 0.6) is 11.5 Å². The van der Waals surface area contributed by atoms with Crippen LogP contribution in [0.3, 0.4) is 0 Å². The first-order valence-electron chi connectivity index (χ1n) is 13.8. The van der Waals surface area contributed by atoms with Crippen LogP contribution in [-0.4, -0.2) is 83.8 Å². The number of likely N-dealkylation sites (tertiary alicyclic amines) is 1. The summed E-state index contributed by atoms with van der Waals surface area (Å²) in [6.07, 6.45) is 2.37. The predicted molar refractivity (Wildman–Crippen MR) is 159 cm³/mol. The average molecular weight is 588 g/mol. The van der Waals surface area contributed by atoms with E-state index in [1.165, 1.54) is 28.4 Å². The van der Waals surface area contributed by atoms with E-state index in [9.17, 15) is 14.4 Å². The number of ether oxygens (including phenoxy) is 1. The Morgan fingerprint density at radius 3 is 2.60 bits per heavy atom.